The number of hydrogen-bond donors (Lipinski definition) is 2. The van der Waals surface area contributed by atoms with E-state index < -0.39 is 29.7 Å². The van der Waals surface area contributed by atoms with Gasteiger partial charge in [-0.3, -0.25) is 39.2 Å². The van der Waals surface area contributed by atoms with Gasteiger partial charge in [0.05, 0.1) is 24.3 Å². The first-order chi connectivity index (χ1) is 19.9. The maximum absolute atomic E-state index is 15.1. The molecule has 4 amide bonds. The lowest BCUT2D eigenvalue weighted by Crippen LogP contribution is -2.54. The maximum Gasteiger partial charge on any atom is 0.264 e. The number of carbonyl (C=O) groups is 4. The van der Waals surface area contributed by atoms with Gasteiger partial charge in [-0.25, -0.2) is 4.39 Å². The highest BCUT2D eigenvalue weighted by molar-refractivity contribution is 6.25. The molecule has 0 radical (unpaired) electrons. The Hall–Kier alpha value is -3.67. The molecule has 2 aromatic rings. The molecule has 10 nitrogen and oxygen atoms in total. The summed E-state index contributed by atoms with van der Waals surface area (Å²) >= 11 is 0. The van der Waals surface area contributed by atoms with Gasteiger partial charge < -0.3 is 10.1 Å². The molecule has 4 aliphatic heterocycles. The normalized spacial score (nSPS) is 22.7. The average Bonchev–Trinajstić information content (AvgIpc) is 3.23. The number of carbonyl (C=O) groups excluding carboxylic acids is 4. The second-order valence-corrected chi connectivity index (χ2v) is 11.1. The Labute approximate surface area is 237 Å². The third-order valence-electron chi connectivity index (χ3n) is 8.58. The van der Waals surface area contributed by atoms with Gasteiger partial charge in [0, 0.05) is 49.9 Å². The predicted octanol–water partition coefficient (Wildman–Crippen LogP) is 2.14. The number of hydrogen-bond acceptors (Lipinski definition) is 8. The van der Waals surface area contributed by atoms with Crippen molar-refractivity contribution in [3.8, 4) is 0 Å². The topological polar surface area (TPSA) is 111 Å². The summed E-state index contributed by atoms with van der Waals surface area (Å²) < 4.78 is 20.6. The van der Waals surface area contributed by atoms with Crippen LogP contribution in [0.2, 0.25) is 0 Å². The van der Waals surface area contributed by atoms with Crippen LogP contribution in [0, 0.1) is 5.82 Å². The van der Waals surface area contributed by atoms with E-state index in [0.29, 0.717) is 23.8 Å². The monoisotopic (exact) mass is 563 g/mol. The number of piperidine rings is 2. The number of nitrogens with zero attached hydrogens (tertiary/aromatic N) is 3. The van der Waals surface area contributed by atoms with Crippen LogP contribution >= 0.6 is 0 Å². The largest absolute Gasteiger partial charge is 0.380 e. The second-order valence-electron chi connectivity index (χ2n) is 11.1. The molecule has 1 unspecified atom stereocenters. The summed E-state index contributed by atoms with van der Waals surface area (Å²) in [7, 11) is 0. The summed E-state index contributed by atoms with van der Waals surface area (Å²) in [5, 5.41) is 5.31. The van der Waals surface area contributed by atoms with Gasteiger partial charge in [-0.15, -0.1) is 0 Å². The fraction of sp³-hybridized carbons (Fsp3) is 0.467. The van der Waals surface area contributed by atoms with E-state index in [9.17, 15) is 19.2 Å². The van der Waals surface area contributed by atoms with Crippen molar-refractivity contribution < 1.29 is 28.3 Å². The number of ether oxygens (including phenoxy) is 1. The number of morpholine rings is 1. The highest BCUT2D eigenvalue weighted by atomic mass is 19.1. The van der Waals surface area contributed by atoms with Crippen LogP contribution in [0.5, 0.6) is 0 Å². The highest BCUT2D eigenvalue weighted by Gasteiger charge is 2.45. The number of halogens is 1. The molecular formula is C30H34FN5O5. The van der Waals surface area contributed by atoms with Crippen molar-refractivity contribution in [2.45, 2.75) is 50.9 Å². The van der Waals surface area contributed by atoms with E-state index in [4.69, 9.17) is 4.74 Å². The number of fused-ring (bicyclic) bond motifs is 1. The van der Waals surface area contributed by atoms with E-state index in [0.717, 1.165) is 62.7 Å². The Balaban J connectivity index is 1.07. The Morgan fingerprint density at radius 2 is 1.73 bits per heavy atom. The maximum atomic E-state index is 15.1. The fourth-order valence-electron chi connectivity index (χ4n) is 6.33. The Morgan fingerprint density at radius 3 is 2.46 bits per heavy atom. The third kappa shape index (κ3) is 5.61. The molecule has 0 spiro atoms. The van der Waals surface area contributed by atoms with Crippen molar-refractivity contribution in [1.29, 1.82) is 0 Å². The first-order valence-corrected chi connectivity index (χ1v) is 14.3. The number of amides is 4. The summed E-state index contributed by atoms with van der Waals surface area (Å²) in [6.45, 7) is 6.39. The van der Waals surface area contributed by atoms with Crippen LogP contribution in [-0.2, 0) is 27.4 Å². The van der Waals surface area contributed by atoms with Gasteiger partial charge in [-0.1, -0.05) is 18.2 Å². The van der Waals surface area contributed by atoms with Crippen molar-refractivity contribution >= 4 is 29.3 Å². The van der Waals surface area contributed by atoms with Gasteiger partial charge in [0.2, 0.25) is 11.8 Å². The van der Waals surface area contributed by atoms with E-state index in [-0.39, 0.29) is 36.3 Å². The number of imide groups is 2. The minimum absolute atomic E-state index is 0.0525. The van der Waals surface area contributed by atoms with E-state index in [1.807, 2.05) is 6.07 Å². The number of anilines is 1. The fourth-order valence-corrected chi connectivity index (χ4v) is 6.33. The highest BCUT2D eigenvalue weighted by Crippen LogP contribution is 2.33. The van der Waals surface area contributed by atoms with E-state index in [1.165, 1.54) is 6.07 Å². The summed E-state index contributed by atoms with van der Waals surface area (Å²) in [5.41, 5.74) is 2.08. The zero-order valence-corrected chi connectivity index (χ0v) is 22.9. The Kier molecular flexibility index (Phi) is 7.83. The average molecular weight is 564 g/mol. The molecule has 6 rings (SSSR count). The van der Waals surface area contributed by atoms with Gasteiger partial charge in [0.15, 0.2) is 0 Å². The molecule has 4 heterocycles. The second kappa shape index (κ2) is 11.7. The molecule has 4 aliphatic rings. The number of benzene rings is 2. The molecule has 2 aromatic carbocycles. The summed E-state index contributed by atoms with van der Waals surface area (Å²) in [5.74, 6) is -2.60. The zero-order valence-electron chi connectivity index (χ0n) is 22.9. The molecule has 0 saturated carbocycles. The van der Waals surface area contributed by atoms with E-state index in [2.05, 4.69) is 20.4 Å². The predicted molar refractivity (Wildman–Crippen MR) is 148 cm³/mol. The SMILES string of the molecule is O=C1CCC(N2C(=O)c3cccc(NCc4ccc(CN5CCC(N6CCOCC6)CC5)cc4F)c3C2=O)C(=O)N1. The Bertz CT molecular complexity index is 1370. The van der Waals surface area contributed by atoms with Gasteiger partial charge >= 0.3 is 0 Å². The lowest BCUT2D eigenvalue weighted by Gasteiger charge is -2.40. The van der Waals surface area contributed by atoms with Crippen LogP contribution in [0.25, 0.3) is 0 Å². The molecule has 216 valence electrons. The molecule has 0 aromatic heterocycles. The molecule has 3 saturated heterocycles. The minimum Gasteiger partial charge on any atom is -0.380 e. The van der Waals surface area contributed by atoms with Crippen LogP contribution in [0.4, 0.5) is 10.1 Å². The number of rotatable bonds is 7. The summed E-state index contributed by atoms with van der Waals surface area (Å²) in [6, 6.07) is 9.65. The van der Waals surface area contributed by atoms with Crippen LogP contribution in [0.15, 0.2) is 36.4 Å². The van der Waals surface area contributed by atoms with E-state index in [1.54, 1.807) is 24.3 Å². The molecule has 2 N–H and O–H groups in total. The van der Waals surface area contributed by atoms with Gasteiger partial charge in [-0.2, -0.15) is 0 Å². The van der Waals surface area contributed by atoms with E-state index >= 15 is 4.39 Å². The molecule has 1 atom stereocenters. The lowest BCUT2D eigenvalue weighted by atomic mass is 10.0. The molecule has 3 fully saturated rings. The summed E-state index contributed by atoms with van der Waals surface area (Å²) in [4.78, 5) is 56.1. The van der Waals surface area contributed by atoms with Gasteiger partial charge in [0.25, 0.3) is 11.8 Å². The first kappa shape index (κ1) is 27.5. The lowest BCUT2D eigenvalue weighted by molar-refractivity contribution is -0.136. The molecule has 11 heteroatoms. The Morgan fingerprint density at radius 1 is 0.951 bits per heavy atom. The number of likely N-dealkylation sites (tertiary alicyclic amines) is 1. The van der Waals surface area contributed by atoms with Crippen LogP contribution in [0.1, 0.15) is 57.5 Å². The smallest absolute Gasteiger partial charge is 0.264 e. The van der Waals surface area contributed by atoms with Gasteiger partial charge in [-0.05, 0) is 56.1 Å². The third-order valence-corrected chi connectivity index (χ3v) is 8.58. The van der Waals surface area contributed by atoms with Crippen LogP contribution in [0.3, 0.4) is 0 Å². The first-order valence-electron chi connectivity index (χ1n) is 14.3. The van der Waals surface area contributed by atoms with Crippen LogP contribution in [-0.4, -0.2) is 89.8 Å². The molecule has 0 bridgehead atoms. The van der Waals surface area contributed by atoms with Crippen molar-refractivity contribution in [2.24, 2.45) is 0 Å². The van der Waals surface area contributed by atoms with Crippen LogP contribution < -0.4 is 10.6 Å². The molecule has 41 heavy (non-hydrogen) atoms. The van der Waals surface area contributed by atoms with Crippen molar-refractivity contribution in [2.75, 3.05) is 44.7 Å². The van der Waals surface area contributed by atoms with Crippen molar-refractivity contribution in [3.63, 3.8) is 0 Å². The standard InChI is InChI=1S/C30H34FN5O5/c31-23-16-19(18-34-10-8-21(9-11-34)35-12-14-41-15-13-35)4-5-20(23)17-32-24-3-1-2-22-27(24)30(40)36(29(22)39)25-6-7-26(37)33-28(25)38/h1-5,16,21,25,32H,6-15,17-18H2,(H,33,37,38). The zero-order chi connectivity index (χ0) is 28.5. The van der Waals surface area contributed by atoms with Crippen molar-refractivity contribution in [1.82, 2.24) is 20.0 Å². The number of nitrogens with one attached hydrogen (secondary N) is 2. The van der Waals surface area contributed by atoms with Gasteiger partial charge in [0.1, 0.15) is 11.9 Å². The minimum atomic E-state index is -1.04. The molecule has 0 aliphatic carbocycles. The quantitative estimate of drug-likeness (QED) is 0.493. The molecular weight excluding hydrogens is 529 g/mol. The summed E-state index contributed by atoms with van der Waals surface area (Å²) in [6.07, 6.45) is 2.35. The van der Waals surface area contributed by atoms with Crippen molar-refractivity contribution in [3.05, 3.63) is 64.5 Å².